The van der Waals surface area contributed by atoms with Crippen LogP contribution in [0.4, 0.5) is 0 Å². The molecule has 1 amide bonds. The van der Waals surface area contributed by atoms with Gasteiger partial charge in [0.05, 0.1) is 11.6 Å². The Labute approximate surface area is 107 Å². The molecule has 94 valence electrons. The molecule has 4 heteroatoms. The van der Waals surface area contributed by atoms with Crippen LogP contribution in [0.2, 0.25) is 0 Å². The fourth-order valence-electron chi connectivity index (χ4n) is 2.26. The summed E-state index contributed by atoms with van der Waals surface area (Å²) in [7, 11) is 0. The van der Waals surface area contributed by atoms with Crippen LogP contribution in [0.1, 0.15) is 35.7 Å². The van der Waals surface area contributed by atoms with E-state index in [0.717, 1.165) is 19.4 Å². The molecule has 2 atom stereocenters. The smallest absolute Gasteiger partial charge is 0.251 e. The Bertz CT molecular complexity index is 478. The first-order chi connectivity index (χ1) is 8.69. The van der Waals surface area contributed by atoms with Crippen LogP contribution in [-0.4, -0.2) is 24.5 Å². The lowest BCUT2D eigenvalue weighted by molar-refractivity contribution is 0.0925. The van der Waals surface area contributed by atoms with E-state index in [-0.39, 0.29) is 11.9 Å². The molecule has 0 radical (unpaired) electrons. The van der Waals surface area contributed by atoms with Gasteiger partial charge < -0.3 is 10.6 Å². The van der Waals surface area contributed by atoms with Gasteiger partial charge in [0.2, 0.25) is 0 Å². The van der Waals surface area contributed by atoms with E-state index in [1.54, 1.807) is 24.3 Å². The van der Waals surface area contributed by atoms with Crippen molar-refractivity contribution in [2.45, 2.75) is 31.8 Å². The molecule has 2 rings (SSSR count). The average molecular weight is 243 g/mol. The lowest BCUT2D eigenvalue weighted by Gasteiger charge is -2.28. The summed E-state index contributed by atoms with van der Waals surface area (Å²) in [5.41, 5.74) is 1.07. The molecule has 1 aromatic carbocycles. The third kappa shape index (κ3) is 3.08. The molecule has 1 fully saturated rings. The fraction of sp³-hybridized carbons (Fsp3) is 0.429. The van der Waals surface area contributed by atoms with Crippen LogP contribution in [0.5, 0.6) is 0 Å². The Morgan fingerprint density at radius 2 is 2.39 bits per heavy atom. The number of hydrogen-bond donors (Lipinski definition) is 2. The number of piperidine rings is 1. The standard InChI is InChI=1S/C14H17N3O/c1-10-7-13(5-6-16-10)17-14(18)12-4-2-3-11(8-12)9-15/h2-4,8,10,13,16H,5-7H2,1H3,(H,17,18). The second-order valence-electron chi connectivity index (χ2n) is 4.74. The molecule has 4 nitrogen and oxygen atoms in total. The van der Waals surface area contributed by atoms with Crippen molar-refractivity contribution in [1.29, 1.82) is 5.26 Å². The minimum Gasteiger partial charge on any atom is -0.349 e. The van der Waals surface area contributed by atoms with Crippen LogP contribution >= 0.6 is 0 Å². The number of amides is 1. The molecule has 0 aliphatic carbocycles. The number of carbonyl (C=O) groups is 1. The summed E-state index contributed by atoms with van der Waals surface area (Å²) in [4.78, 5) is 12.0. The van der Waals surface area contributed by atoms with Crippen molar-refractivity contribution < 1.29 is 4.79 Å². The second-order valence-corrected chi connectivity index (χ2v) is 4.74. The molecule has 2 N–H and O–H groups in total. The van der Waals surface area contributed by atoms with E-state index in [4.69, 9.17) is 5.26 Å². The Morgan fingerprint density at radius 1 is 1.56 bits per heavy atom. The Balaban J connectivity index is 2.01. The summed E-state index contributed by atoms with van der Waals surface area (Å²) in [6.45, 7) is 3.05. The maximum Gasteiger partial charge on any atom is 0.251 e. The highest BCUT2D eigenvalue weighted by atomic mass is 16.1. The topological polar surface area (TPSA) is 64.9 Å². The first-order valence-corrected chi connectivity index (χ1v) is 6.23. The molecule has 1 saturated heterocycles. The van der Waals surface area contributed by atoms with Crippen LogP contribution in [-0.2, 0) is 0 Å². The zero-order valence-corrected chi connectivity index (χ0v) is 10.4. The highest BCUT2D eigenvalue weighted by molar-refractivity contribution is 5.94. The largest absolute Gasteiger partial charge is 0.349 e. The number of hydrogen-bond acceptors (Lipinski definition) is 3. The highest BCUT2D eigenvalue weighted by Crippen LogP contribution is 2.10. The van der Waals surface area contributed by atoms with Crippen molar-refractivity contribution in [3.05, 3.63) is 35.4 Å². The van der Waals surface area contributed by atoms with Crippen LogP contribution in [0.3, 0.4) is 0 Å². The van der Waals surface area contributed by atoms with Crippen LogP contribution in [0, 0.1) is 11.3 Å². The maximum absolute atomic E-state index is 12.0. The SMILES string of the molecule is CC1CC(NC(=O)c2cccc(C#N)c2)CCN1. The van der Waals surface area contributed by atoms with Crippen molar-refractivity contribution >= 4 is 5.91 Å². The molecular weight excluding hydrogens is 226 g/mol. The number of nitrogens with one attached hydrogen (secondary N) is 2. The zero-order chi connectivity index (χ0) is 13.0. The quantitative estimate of drug-likeness (QED) is 0.825. The molecule has 1 heterocycles. The van der Waals surface area contributed by atoms with Gasteiger partial charge >= 0.3 is 0 Å². The van der Waals surface area contributed by atoms with Gasteiger partial charge in [-0.25, -0.2) is 0 Å². The normalized spacial score (nSPS) is 23.1. The molecule has 1 aliphatic heterocycles. The first kappa shape index (κ1) is 12.6. The minimum absolute atomic E-state index is 0.0915. The third-order valence-electron chi connectivity index (χ3n) is 3.21. The summed E-state index contributed by atoms with van der Waals surface area (Å²) in [6.07, 6.45) is 1.90. The Kier molecular flexibility index (Phi) is 3.96. The molecule has 0 aromatic heterocycles. The predicted molar refractivity (Wildman–Crippen MR) is 69.1 cm³/mol. The highest BCUT2D eigenvalue weighted by Gasteiger charge is 2.20. The van der Waals surface area contributed by atoms with E-state index in [1.807, 2.05) is 6.07 Å². The van der Waals surface area contributed by atoms with E-state index in [9.17, 15) is 4.79 Å². The van der Waals surface area contributed by atoms with E-state index in [0.29, 0.717) is 17.2 Å². The molecule has 2 unspecified atom stereocenters. The molecule has 1 aromatic rings. The lowest BCUT2D eigenvalue weighted by Crippen LogP contribution is -2.46. The van der Waals surface area contributed by atoms with Gasteiger partial charge in [-0.05, 0) is 44.5 Å². The summed E-state index contributed by atoms with van der Waals surface area (Å²) in [5, 5.41) is 15.2. The number of benzene rings is 1. The van der Waals surface area contributed by atoms with Crippen molar-refractivity contribution in [2.75, 3.05) is 6.54 Å². The van der Waals surface area contributed by atoms with E-state index >= 15 is 0 Å². The number of nitriles is 1. The van der Waals surface area contributed by atoms with Crippen molar-refractivity contribution in [3.63, 3.8) is 0 Å². The van der Waals surface area contributed by atoms with Gasteiger partial charge in [0.1, 0.15) is 0 Å². The Morgan fingerprint density at radius 3 is 3.11 bits per heavy atom. The fourth-order valence-corrected chi connectivity index (χ4v) is 2.26. The van der Waals surface area contributed by atoms with Crippen molar-refractivity contribution in [1.82, 2.24) is 10.6 Å². The van der Waals surface area contributed by atoms with E-state index in [2.05, 4.69) is 17.6 Å². The summed E-state index contributed by atoms with van der Waals surface area (Å²) >= 11 is 0. The van der Waals surface area contributed by atoms with Gasteiger partial charge in [0.15, 0.2) is 0 Å². The zero-order valence-electron chi connectivity index (χ0n) is 10.4. The van der Waals surface area contributed by atoms with Crippen molar-refractivity contribution in [2.24, 2.45) is 0 Å². The van der Waals surface area contributed by atoms with Gasteiger partial charge in [-0.1, -0.05) is 6.07 Å². The van der Waals surface area contributed by atoms with Gasteiger partial charge in [0, 0.05) is 17.6 Å². The number of rotatable bonds is 2. The van der Waals surface area contributed by atoms with Gasteiger partial charge in [-0.15, -0.1) is 0 Å². The molecule has 1 aliphatic rings. The van der Waals surface area contributed by atoms with E-state index < -0.39 is 0 Å². The predicted octanol–water partition coefficient (Wildman–Crippen LogP) is 1.43. The number of nitrogens with zero attached hydrogens (tertiary/aromatic N) is 1. The first-order valence-electron chi connectivity index (χ1n) is 6.23. The van der Waals surface area contributed by atoms with E-state index in [1.165, 1.54) is 0 Å². The lowest BCUT2D eigenvalue weighted by atomic mass is 10.00. The molecule has 18 heavy (non-hydrogen) atoms. The molecule has 0 spiro atoms. The van der Waals surface area contributed by atoms with Crippen LogP contribution < -0.4 is 10.6 Å². The second kappa shape index (κ2) is 5.65. The van der Waals surface area contributed by atoms with Gasteiger partial charge in [-0.2, -0.15) is 5.26 Å². The monoisotopic (exact) mass is 243 g/mol. The van der Waals surface area contributed by atoms with Crippen LogP contribution in [0.15, 0.2) is 24.3 Å². The minimum atomic E-state index is -0.0915. The van der Waals surface area contributed by atoms with Gasteiger partial charge in [-0.3, -0.25) is 4.79 Å². The summed E-state index contributed by atoms with van der Waals surface area (Å²) in [6, 6.07) is 9.50. The Hall–Kier alpha value is -1.86. The average Bonchev–Trinajstić information content (AvgIpc) is 2.39. The maximum atomic E-state index is 12.0. The molecule has 0 bridgehead atoms. The van der Waals surface area contributed by atoms with Gasteiger partial charge in [0.25, 0.3) is 5.91 Å². The van der Waals surface area contributed by atoms with Crippen LogP contribution in [0.25, 0.3) is 0 Å². The molecular formula is C14H17N3O. The summed E-state index contributed by atoms with van der Waals surface area (Å²) in [5.74, 6) is -0.0915. The van der Waals surface area contributed by atoms with Crippen molar-refractivity contribution in [3.8, 4) is 6.07 Å². The number of carbonyl (C=O) groups excluding carboxylic acids is 1. The molecule has 0 saturated carbocycles. The summed E-state index contributed by atoms with van der Waals surface area (Å²) < 4.78 is 0. The third-order valence-corrected chi connectivity index (χ3v) is 3.21.